The van der Waals surface area contributed by atoms with Crippen molar-refractivity contribution in [3.05, 3.63) is 72.9 Å². The van der Waals surface area contributed by atoms with Gasteiger partial charge in [0, 0.05) is 19.3 Å². The Labute approximate surface area is 357 Å². The van der Waals surface area contributed by atoms with Crippen molar-refractivity contribution in [2.45, 2.75) is 226 Å². The molecule has 332 valence electrons. The topological polar surface area (TPSA) is 78.9 Å². The average Bonchev–Trinajstić information content (AvgIpc) is 3.22. The Balaban J connectivity index is 4.43. The summed E-state index contributed by atoms with van der Waals surface area (Å²) in [4.78, 5) is 37.8. The van der Waals surface area contributed by atoms with Gasteiger partial charge in [-0.15, -0.1) is 0 Å². The van der Waals surface area contributed by atoms with Crippen LogP contribution in [0.5, 0.6) is 0 Å². The van der Waals surface area contributed by atoms with Crippen LogP contribution in [0.2, 0.25) is 0 Å². The molecule has 6 nitrogen and oxygen atoms in total. The maximum absolute atomic E-state index is 12.7. The van der Waals surface area contributed by atoms with E-state index >= 15 is 0 Å². The molecule has 0 unspecified atom stereocenters. The smallest absolute Gasteiger partial charge is 0.306 e. The van der Waals surface area contributed by atoms with Crippen molar-refractivity contribution in [2.24, 2.45) is 0 Å². The fourth-order valence-corrected chi connectivity index (χ4v) is 6.41. The van der Waals surface area contributed by atoms with Crippen LogP contribution >= 0.6 is 0 Å². The third kappa shape index (κ3) is 44.0. The lowest BCUT2D eigenvalue weighted by Crippen LogP contribution is -2.30. The van der Waals surface area contributed by atoms with Gasteiger partial charge < -0.3 is 14.2 Å². The van der Waals surface area contributed by atoms with Crippen molar-refractivity contribution in [2.75, 3.05) is 13.2 Å². The van der Waals surface area contributed by atoms with Crippen molar-refractivity contribution in [3.8, 4) is 0 Å². The van der Waals surface area contributed by atoms with Crippen molar-refractivity contribution in [1.29, 1.82) is 0 Å². The maximum atomic E-state index is 12.7. The number of carbonyl (C=O) groups is 3. The standard InChI is InChI=1S/C52H88O6/c1-4-7-10-13-16-19-22-24-26-28-30-33-36-39-42-45-51(54)57-48-49(47-56-50(53)44-41-38-35-32-21-18-15-12-9-6-3)58-52(55)46-43-40-37-34-31-29-27-25-23-20-17-14-11-8-5-2/h7-8,10-11,16-17,19-20,24-27,49H,4-6,9,12-15,18,21-23,28-48H2,1-3H3/b10-7-,11-8-,19-16-,20-17-,26-24-,27-25-/t49-/m1/s1. The monoisotopic (exact) mass is 809 g/mol. The molecule has 58 heavy (non-hydrogen) atoms. The Kier molecular flexibility index (Phi) is 44.0. The molecule has 0 saturated carbocycles. The van der Waals surface area contributed by atoms with Gasteiger partial charge in [0.2, 0.25) is 0 Å². The van der Waals surface area contributed by atoms with Crippen molar-refractivity contribution in [1.82, 2.24) is 0 Å². The van der Waals surface area contributed by atoms with E-state index in [0.717, 1.165) is 135 Å². The number of carbonyl (C=O) groups excluding carboxylic acids is 3. The van der Waals surface area contributed by atoms with Gasteiger partial charge in [0.15, 0.2) is 6.10 Å². The molecule has 0 bridgehead atoms. The number of unbranched alkanes of at least 4 members (excludes halogenated alkanes) is 19. The van der Waals surface area contributed by atoms with Gasteiger partial charge >= 0.3 is 17.9 Å². The molecule has 0 heterocycles. The van der Waals surface area contributed by atoms with Gasteiger partial charge in [-0.3, -0.25) is 14.4 Å². The quantitative estimate of drug-likeness (QED) is 0.0264. The largest absolute Gasteiger partial charge is 0.462 e. The molecule has 0 amide bonds. The average molecular weight is 809 g/mol. The molecular weight excluding hydrogens is 721 g/mol. The summed E-state index contributed by atoms with van der Waals surface area (Å²) in [5, 5.41) is 0. The van der Waals surface area contributed by atoms with Gasteiger partial charge in [-0.1, -0.05) is 190 Å². The van der Waals surface area contributed by atoms with Gasteiger partial charge in [-0.2, -0.15) is 0 Å². The Morgan fingerprint density at radius 3 is 1.05 bits per heavy atom. The highest BCUT2D eigenvalue weighted by molar-refractivity contribution is 5.71. The summed E-state index contributed by atoms with van der Waals surface area (Å²) >= 11 is 0. The number of allylic oxidation sites excluding steroid dienone is 12. The van der Waals surface area contributed by atoms with Gasteiger partial charge in [0.05, 0.1) is 0 Å². The zero-order valence-electron chi connectivity index (χ0n) is 37.8. The van der Waals surface area contributed by atoms with E-state index in [0.29, 0.717) is 19.3 Å². The number of rotatable bonds is 42. The summed E-state index contributed by atoms with van der Waals surface area (Å²) in [6, 6.07) is 0. The first kappa shape index (κ1) is 54.9. The maximum Gasteiger partial charge on any atom is 0.306 e. The molecule has 0 N–H and O–H groups in total. The molecule has 0 rings (SSSR count). The van der Waals surface area contributed by atoms with E-state index in [9.17, 15) is 14.4 Å². The van der Waals surface area contributed by atoms with E-state index in [2.05, 4.69) is 93.7 Å². The molecule has 1 atom stereocenters. The second-order valence-electron chi connectivity index (χ2n) is 15.6. The molecule has 0 spiro atoms. The second-order valence-corrected chi connectivity index (χ2v) is 15.6. The van der Waals surface area contributed by atoms with E-state index in [1.54, 1.807) is 0 Å². The van der Waals surface area contributed by atoms with Crippen LogP contribution in [-0.4, -0.2) is 37.2 Å². The molecule has 0 fully saturated rings. The Bertz CT molecular complexity index is 1110. The lowest BCUT2D eigenvalue weighted by Gasteiger charge is -2.18. The van der Waals surface area contributed by atoms with Crippen LogP contribution in [0.15, 0.2) is 72.9 Å². The first-order valence-electron chi connectivity index (χ1n) is 23.9. The molecule has 0 aromatic rings. The summed E-state index contributed by atoms with van der Waals surface area (Å²) in [6.07, 6.45) is 57.4. The predicted octanol–water partition coefficient (Wildman–Crippen LogP) is 15.5. The summed E-state index contributed by atoms with van der Waals surface area (Å²) in [6.45, 7) is 6.36. The van der Waals surface area contributed by atoms with Crippen LogP contribution in [0.25, 0.3) is 0 Å². The third-order valence-corrected chi connectivity index (χ3v) is 9.96. The fourth-order valence-electron chi connectivity index (χ4n) is 6.41. The minimum atomic E-state index is -0.788. The van der Waals surface area contributed by atoms with Crippen molar-refractivity contribution >= 4 is 17.9 Å². The predicted molar refractivity (Wildman–Crippen MR) is 247 cm³/mol. The van der Waals surface area contributed by atoms with E-state index in [1.165, 1.54) is 44.9 Å². The summed E-state index contributed by atoms with van der Waals surface area (Å²) < 4.78 is 16.7. The summed E-state index contributed by atoms with van der Waals surface area (Å²) in [5.74, 6) is -0.926. The molecule has 0 radical (unpaired) electrons. The number of ether oxygens (including phenoxy) is 3. The number of esters is 3. The Hall–Kier alpha value is -3.15. The number of hydrogen-bond donors (Lipinski definition) is 0. The van der Waals surface area contributed by atoms with Gasteiger partial charge in [0.1, 0.15) is 13.2 Å². The van der Waals surface area contributed by atoms with Crippen LogP contribution in [0.1, 0.15) is 220 Å². The highest BCUT2D eigenvalue weighted by atomic mass is 16.6. The lowest BCUT2D eigenvalue weighted by molar-refractivity contribution is -0.167. The zero-order chi connectivity index (χ0) is 42.3. The highest BCUT2D eigenvalue weighted by Gasteiger charge is 2.19. The highest BCUT2D eigenvalue weighted by Crippen LogP contribution is 2.14. The van der Waals surface area contributed by atoms with E-state index in [4.69, 9.17) is 14.2 Å². The first-order valence-corrected chi connectivity index (χ1v) is 23.9. The first-order chi connectivity index (χ1) is 28.5. The van der Waals surface area contributed by atoms with Crippen LogP contribution in [-0.2, 0) is 28.6 Å². The van der Waals surface area contributed by atoms with E-state index < -0.39 is 6.10 Å². The van der Waals surface area contributed by atoms with Gasteiger partial charge in [-0.05, 0) is 83.5 Å². The van der Waals surface area contributed by atoms with E-state index in [1.807, 2.05) is 0 Å². The third-order valence-electron chi connectivity index (χ3n) is 9.96. The van der Waals surface area contributed by atoms with Crippen molar-refractivity contribution in [3.63, 3.8) is 0 Å². The molecule has 0 aromatic heterocycles. The van der Waals surface area contributed by atoms with Crippen LogP contribution in [0.4, 0.5) is 0 Å². The zero-order valence-corrected chi connectivity index (χ0v) is 37.8. The fraction of sp³-hybridized carbons (Fsp3) is 0.712. The molecule has 0 saturated heterocycles. The van der Waals surface area contributed by atoms with Gasteiger partial charge in [0.25, 0.3) is 0 Å². The molecule has 6 heteroatoms. The molecule has 0 aliphatic rings. The van der Waals surface area contributed by atoms with Crippen LogP contribution in [0, 0.1) is 0 Å². The summed E-state index contributed by atoms with van der Waals surface area (Å²) in [7, 11) is 0. The minimum Gasteiger partial charge on any atom is -0.462 e. The Morgan fingerprint density at radius 2 is 0.672 bits per heavy atom. The Morgan fingerprint density at radius 1 is 0.362 bits per heavy atom. The van der Waals surface area contributed by atoms with Crippen LogP contribution < -0.4 is 0 Å². The van der Waals surface area contributed by atoms with Gasteiger partial charge in [-0.25, -0.2) is 0 Å². The van der Waals surface area contributed by atoms with E-state index in [-0.39, 0.29) is 31.1 Å². The minimum absolute atomic E-state index is 0.0874. The SMILES string of the molecule is CC/C=C\C/C=C\C/C=C\CCCCCCCC(=O)OC[C@@H](COC(=O)CCCCCCCCCCCC)OC(=O)CCCCCCC/C=C\C/C=C\C/C=C\CC. The van der Waals surface area contributed by atoms with Crippen molar-refractivity contribution < 1.29 is 28.6 Å². The molecule has 0 aliphatic heterocycles. The molecular formula is C52H88O6. The normalized spacial score (nSPS) is 12.7. The molecule has 0 aromatic carbocycles. The lowest BCUT2D eigenvalue weighted by atomic mass is 10.1. The number of hydrogen-bond acceptors (Lipinski definition) is 6. The summed E-state index contributed by atoms with van der Waals surface area (Å²) in [5.41, 5.74) is 0. The second kappa shape index (κ2) is 46.5. The van der Waals surface area contributed by atoms with Crippen LogP contribution in [0.3, 0.4) is 0 Å². The molecule has 0 aliphatic carbocycles.